The summed E-state index contributed by atoms with van der Waals surface area (Å²) >= 11 is 0. The van der Waals surface area contributed by atoms with Crippen molar-refractivity contribution < 1.29 is 7.31 Å². The maximum atomic E-state index is 8.84. The Morgan fingerprint density at radius 2 is 2.18 bits per heavy atom. The van der Waals surface area contributed by atoms with Crippen LogP contribution in [-0.4, -0.2) is 0 Å². The average Bonchev–Trinajstić information content (AvgIpc) is 2.39. The quantitative estimate of drug-likeness (QED) is 0.722. The Bertz CT molecular complexity index is 657. The minimum Gasteiger partial charge on any atom is -0.201 e. The van der Waals surface area contributed by atoms with Gasteiger partial charge in [-0.1, -0.05) is 12.1 Å². The normalized spacial score (nSPS) is 12.5. The molecule has 2 heteroatoms. The van der Waals surface area contributed by atoms with Crippen molar-refractivity contribution in [3.63, 3.8) is 0 Å². The molecule has 0 aliphatic heterocycles. The molecule has 1 aromatic heterocycles. The second-order valence-electron chi connectivity index (χ2n) is 3.96. The molecule has 1 heterocycles. The molecule has 0 saturated heterocycles. The van der Waals surface area contributed by atoms with Crippen molar-refractivity contribution in [3.8, 4) is 17.3 Å². The van der Waals surface area contributed by atoms with E-state index in [0.29, 0.717) is 5.56 Å². The fraction of sp³-hybridized carbons (Fsp3) is 0.200. The molecule has 2 aromatic rings. The van der Waals surface area contributed by atoms with Crippen LogP contribution in [0, 0.1) is 18.3 Å². The molecule has 84 valence electrons. The third kappa shape index (κ3) is 2.34. The summed E-state index contributed by atoms with van der Waals surface area (Å²) in [6, 6.07) is 12.9. The van der Waals surface area contributed by atoms with Gasteiger partial charge in [0.05, 0.1) is 12.4 Å². The zero-order valence-corrected chi connectivity index (χ0v) is 9.94. The van der Waals surface area contributed by atoms with E-state index in [1.165, 1.54) is 0 Å². The molecule has 1 aromatic carbocycles. The van der Waals surface area contributed by atoms with E-state index in [2.05, 4.69) is 0 Å². The lowest BCUT2D eigenvalue weighted by Gasteiger charge is -2.05. The van der Waals surface area contributed by atoms with Gasteiger partial charge in [-0.3, -0.25) is 0 Å². The van der Waals surface area contributed by atoms with Gasteiger partial charge < -0.3 is 0 Å². The van der Waals surface area contributed by atoms with Crippen molar-refractivity contribution in [2.24, 2.45) is 7.05 Å². The number of hydrogen-bond acceptors (Lipinski definition) is 1. The summed E-state index contributed by atoms with van der Waals surface area (Å²) in [7, 11) is 1.97. The number of aromatic nitrogens is 1. The number of rotatable bonds is 2. The van der Waals surface area contributed by atoms with E-state index >= 15 is 0 Å². The first-order valence-corrected chi connectivity index (χ1v) is 5.43. The second kappa shape index (κ2) is 4.80. The number of nitriles is 1. The molecule has 0 radical (unpaired) electrons. The van der Waals surface area contributed by atoms with Crippen LogP contribution in [0.4, 0.5) is 0 Å². The first-order valence-electron chi connectivity index (χ1n) is 6.43. The Morgan fingerprint density at radius 3 is 2.82 bits per heavy atom. The van der Waals surface area contributed by atoms with Gasteiger partial charge in [-0.05, 0) is 30.2 Å². The molecule has 0 unspecified atom stereocenters. The summed E-state index contributed by atoms with van der Waals surface area (Å²) in [4.78, 5) is 0. The summed E-state index contributed by atoms with van der Waals surface area (Å²) in [5.74, 6) is 0. The van der Waals surface area contributed by atoms with Gasteiger partial charge >= 0.3 is 0 Å². The van der Waals surface area contributed by atoms with Crippen LogP contribution >= 0.6 is 0 Å². The van der Waals surface area contributed by atoms with Crippen molar-refractivity contribution in [3.05, 3.63) is 53.7 Å². The van der Waals surface area contributed by atoms with Crippen LogP contribution in [0.5, 0.6) is 0 Å². The highest BCUT2D eigenvalue weighted by Gasteiger charge is 2.11. The topological polar surface area (TPSA) is 27.7 Å². The lowest BCUT2D eigenvalue weighted by atomic mass is 10.0. The van der Waals surface area contributed by atoms with Crippen LogP contribution in [0.2, 0.25) is 0 Å². The molecular formula is C15H15N2+. The monoisotopic (exact) mass is 225 g/mol. The summed E-state index contributed by atoms with van der Waals surface area (Å²) in [6.07, 6.45) is 0.0272. The lowest BCUT2D eigenvalue weighted by molar-refractivity contribution is -0.660. The maximum Gasteiger partial charge on any atom is 0.212 e. The van der Waals surface area contributed by atoms with Crippen molar-refractivity contribution in [2.45, 2.75) is 13.3 Å². The van der Waals surface area contributed by atoms with E-state index in [4.69, 9.17) is 8.00 Å². The molecule has 0 amide bonds. The fourth-order valence-electron chi connectivity index (χ4n) is 1.90. The van der Waals surface area contributed by atoms with Crippen molar-refractivity contribution >= 4 is 0 Å². The van der Waals surface area contributed by atoms with Gasteiger partial charge in [0.25, 0.3) is 0 Å². The molecule has 0 aliphatic rings. The molecule has 2 nitrogen and oxygen atoms in total. The number of aryl methyl sites for hydroxylation is 2. The highest BCUT2D eigenvalue weighted by atomic mass is 14.9. The van der Waals surface area contributed by atoms with Crippen LogP contribution < -0.4 is 4.57 Å². The predicted molar refractivity (Wildman–Crippen MR) is 67.1 cm³/mol. The average molecular weight is 225 g/mol. The van der Waals surface area contributed by atoms with Gasteiger partial charge in [-0.2, -0.15) is 5.26 Å². The van der Waals surface area contributed by atoms with Crippen LogP contribution in [-0.2, 0) is 13.4 Å². The molecule has 0 bridgehead atoms. The lowest BCUT2D eigenvalue weighted by Crippen LogP contribution is -2.30. The Hall–Kier alpha value is -2.14. The summed E-state index contributed by atoms with van der Waals surface area (Å²) < 4.78 is 17.3. The Labute approximate surface area is 105 Å². The Morgan fingerprint density at radius 1 is 1.35 bits per heavy atom. The Kier molecular flexibility index (Phi) is 2.53. The van der Waals surface area contributed by atoms with Crippen molar-refractivity contribution in [1.29, 1.82) is 5.26 Å². The summed E-state index contributed by atoms with van der Waals surface area (Å²) in [5.41, 5.74) is 3.46. The summed E-state index contributed by atoms with van der Waals surface area (Å²) in [6.45, 7) is 1.93. The summed E-state index contributed by atoms with van der Waals surface area (Å²) in [5, 5.41) is 8.84. The van der Waals surface area contributed by atoms with Crippen LogP contribution in [0.15, 0.2) is 42.6 Å². The van der Waals surface area contributed by atoms with Gasteiger partial charge in [0.2, 0.25) is 5.69 Å². The van der Waals surface area contributed by atoms with Crippen LogP contribution in [0.25, 0.3) is 11.3 Å². The van der Waals surface area contributed by atoms with E-state index in [0.717, 1.165) is 16.8 Å². The van der Waals surface area contributed by atoms with E-state index in [-0.39, 0.29) is 0 Å². The third-order valence-corrected chi connectivity index (χ3v) is 2.76. The number of benzene rings is 1. The molecule has 2 rings (SSSR count). The van der Waals surface area contributed by atoms with Gasteiger partial charge in [0, 0.05) is 20.4 Å². The van der Waals surface area contributed by atoms with Gasteiger partial charge in [0.15, 0.2) is 6.20 Å². The third-order valence-electron chi connectivity index (χ3n) is 2.76. The van der Waals surface area contributed by atoms with Crippen molar-refractivity contribution in [1.82, 2.24) is 0 Å². The SMILES string of the molecule is [2H]C([2H])(C#N)c1ccc(-c2cccc[n+]2C)c(C)c1. The minimum atomic E-state index is -1.94. The van der Waals surface area contributed by atoms with Gasteiger partial charge in [-0.25, -0.2) is 4.57 Å². The predicted octanol–water partition coefficient (Wildman–Crippen LogP) is 2.55. The van der Waals surface area contributed by atoms with E-state index in [9.17, 15) is 0 Å². The van der Waals surface area contributed by atoms with E-state index in [1.54, 1.807) is 18.2 Å². The number of pyridine rings is 1. The molecule has 0 atom stereocenters. The first kappa shape index (κ1) is 8.95. The van der Waals surface area contributed by atoms with Crippen LogP contribution in [0.1, 0.15) is 13.9 Å². The van der Waals surface area contributed by atoms with Crippen molar-refractivity contribution in [2.75, 3.05) is 0 Å². The van der Waals surface area contributed by atoms with E-state index < -0.39 is 6.37 Å². The zero-order valence-electron chi connectivity index (χ0n) is 11.9. The fourth-order valence-corrected chi connectivity index (χ4v) is 1.90. The zero-order chi connectivity index (χ0) is 14.0. The first-order chi connectivity index (χ1) is 8.95. The highest BCUT2D eigenvalue weighted by molar-refractivity contribution is 5.61. The molecular weight excluding hydrogens is 208 g/mol. The van der Waals surface area contributed by atoms with Gasteiger partial charge in [0.1, 0.15) is 7.05 Å². The minimum absolute atomic E-state index is 0.398. The van der Waals surface area contributed by atoms with Crippen LogP contribution in [0.3, 0.4) is 0 Å². The molecule has 0 saturated carbocycles. The highest BCUT2D eigenvalue weighted by Crippen LogP contribution is 2.21. The maximum absolute atomic E-state index is 8.84. The molecule has 17 heavy (non-hydrogen) atoms. The number of nitrogens with zero attached hydrogens (tertiary/aromatic N) is 2. The molecule has 0 fully saturated rings. The smallest absolute Gasteiger partial charge is 0.201 e. The second-order valence-corrected chi connectivity index (χ2v) is 3.96. The van der Waals surface area contributed by atoms with Gasteiger partial charge in [-0.15, -0.1) is 0 Å². The number of hydrogen-bond donors (Lipinski definition) is 0. The molecule has 0 spiro atoms. The standard InChI is InChI=1S/C15H15N2/c1-12-11-13(8-9-16)6-7-14(12)15-5-3-4-10-17(15)2/h3-7,10-11H,8H2,1-2H3/q+1/i8D2. The Balaban J connectivity index is 2.53. The molecule has 0 N–H and O–H groups in total. The largest absolute Gasteiger partial charge is 0.212 e. The molecule has 0 aliphatic carbocycles. The van der Waals surface area contributed by atoms with E-state index in [1.807, 2.05) is 49.0 Å².